The molecule has 1 aromatic heterocycles. The van der Waals surface area contributed by atoms with Gasteiger partial charge in [-0.25, -0.2) is 9.36 Å². The third kappa shape index (κ3) is 2.31. The minimum atomic E-state index is -0.690. The lowest BCUT2D eigenvalue weighted by atomic mass is 10.2. The molecule has 6 nitrogen and oxygen atoms in total. The monoisotopic (exact) mass is 295 g/mol. The van der Waals surface area contributed by atoms with Gasteiger partial charge >= 0.3 is 5.69 Å². The molecule has 0 bridgehead atoms. The van der Waals surface area contributed by atoms with Crippen molar-refractivity contribution in [1.82, 2.24) is 9.55 Å². The number of aromatic nitrogens is 2. The maximum Gasteiger partial charge on any atom is 0.335 e. The normalized spacial score (nSPS) is 14.9. The first-order valence-electron chi connectivity index (χ1n) is 6.64. The second-order valence-corrected chi connectivity index (χ2v) is 4.82. The molecule has 0 amide bonds. The summed E-state index contributed by atoms with van der Waals surface area (Å²) in [7, 11) is 0. The lowest BCUT2D eigenvalue weighted by molar-refractivity contribution is 0.429. The zero-order valence-corrected chi connectivity index (χ0v) is 11.8. The van der Waals surface area contributed by atoms with E-state index in [1.54, 1.807) is 30.5 Å². The van der Waals surface area contributed by atoms with Crippen LogP contribution in [0.3, 0.4) is 0 Å². The molecule has 0 radical (unpaired) electrons. The van der Waals surface area contributed by atoms with Gasteiger partial charge in [0.15, 0.2) is 0 Å². The number of para-hydroxylation sites is 1. The number of aromatic hydroxyl groups is 1. The lowest BCUT2D eigenvalue weighted by Gasteiger charge is -2.12. The molecule has 0 unspecified atom stereocenters. The average molecular weight is 295 g/mol. The number of hydrogen-bond donors (Lipinski definition) is 2. The highest BCUT2D eigenvalue weighted by molar-refractivity contribution is 5.79. The van der Waals surface area contributed by atoms with Gasteiger partial charge in [0.25, 0.3) is 5.56 Å². The molecule has 0 saturated carbocycles. The van der Waals surface area contributed by atoms with E-state index in [9.17, 15) is 14.7 Å². The highest BCUT2D eigenvalue weighted by Gasteiger charge is 2.15. The van der Waals surface area contributed by atoms with Crippen molar-refractivity contribution in [3.8, 4) is 11.6 Å². The summed E-state index contributed by atoms with van der Waals surface area (Å²) < 4.78 is 1.07. The molecule has 2 aromatic rings. The first-order chi connectivity index (χ1) is 10.6. The number of benzene rings is 1. The van der Waals surface area contributed by atoms with Gasteiger partial charge in [0.05, 0.1) is 11.4 Å². The van der Waals surface area contributed by atoms with Crippen molar-refractivity contribution in [1.29, 1.82) is 0 Å². The van der Waals surface area contributed by atoms with Crippen LogP contribution in [-0.2, 0) is 0 Å². The zero-order valence-electron chi connectivity index (χ0n) is 11.8. The number of H-pyrrole nitrogens is 1. The Balaban J connectivity index is 2.29. The number of nitrogens with zero attached hydrogens (tertiary/aromatic N) is 2. The first-order valence-corrected chi connectivity index (χ1v) is 6.64. The van der Waals surface area contributed by atoms with Crippen molar-refractivity contribution in [2.75, 3.05) is 0 Å². The van der Waals surface area contributed by atoms with Crippen LogP contribution < -0.4 is 11.2 Å². The number of hydrogen-bond acceptors (Lipinski definition) is 4. The Labute approximate surface area is 125 Å². The molecule has 2 heterocycles. The molecule has 0 atom stereocenters. The molecule has 0 spiro atoms. The highest BCUT2D eigenvalue weighted by Crippen LogP contribution is 2.21. The first kappa shape index (κ1) is 13.8. The molecular formula is C16H13N3O3. The Morgan fingerprint density at radius 3 is 2.73 bits per heavy atom. The molecule has 1 aliphatic heterocycles. The van der Waals surface area contributed by atoms with Crippen LogP contribution in [0, 0.1) is 6.92 Å². The third-order valence-electron chi connectivity index (χ3n) is 3.35. The molecule has 0 fully saturated rings. The highest BCUT2D eigenvalue weighted by atomic mass is 16.3. The Bertz CT molecular complexity index is 932. The van der Waals surface area contributed by atoms with Gasteiger partial charge in [0.2, 0.25) is 5.88 Å². The third-order valence-corrected chi connectivity index (χ3v) is 3.35. The summed E-state index contributed by atoms with van der Waals surface area (Å²) in [6.07, 6.45) is 6.42. The second-order valence-electron chi connectivity index (χ2n) is 4.82. The largest absolute Gasteiger partial charge is 0.494 e. The fourth-order valence-corrected chi connectivity index (χ4v) is 2.25. The molecule has 0 saturated heterocycles. The van der Waals surface area contributed by atoms with E-state index in [0.717, 1.165) is 10.1 Å². The van der Waals surface area contributed by atoms with Crippen LogP contribution in [0.15, 0.2) is 56.7 Å². The predicted molar refractivity (Wildman–Crippen MR) is 84.7 cm³/mol. The molecule has 0 aliphatic carbocycles. The Morgan fingerprint density at radius 2 is 2.05 bits per heavy atom. The number of aromatic amines is 1. The number of aliphatic imine (C=N–C) groups is 1. The van der Waals surface area contributed by atoms with Gasteiger partial charge in [0.1, 0.15) is 5.56 Å². The molecule has 2 N–H and O–H groups in total. The van der Waals surface area contributed by atoms with Crippen LogP contribution in [0.4, 0.5) is 0 Å². The predicted octanol–water partition coefficient (Wildman–Crippen LogP) is 1.52. The van der Waals surface area contributed by atoms with Crippen LogP contribution in [0.25, 0.3) is 11.8 Å². The van der Waals surface area contributed by atoms with Crippen molar-refractivity contribution in [2.45, 2.75) is 6.92 Å². The molecule has 1 aromatic carbocycles. The van der Waals surface area contributed by atoms with Crippen molar-refractivity contribution < 1.29 is 5.11 Å². The summed E-state index contributed by atoms with van der Waals surface area (Å²) in [5.41, 5.74) is 0.466. The fraction of sp³-hybridized carbons (Fsp3) is 0.0625. The summed E-state index contributed by atoms with van der Waals surface area (Å²) in [5, 5.41) is 10.4. The lowest BCUT2D eigenvalue weighted by Crippen LogP contribution is -2.30. The van der Waals surface area contributed by atoms with E-state index in [1.807, 2.05) is 19.1 Å². The van der Waals surface area contributed by atoms with Crippen LogP contribution in [0.1, 0.15) is 11.1 Å². The molecule has 3 rings (SSSR count). The van der Waals surface area contributed by atoms with E-state index in [4.69, 9.17) is 0 Å². The van der Waals surface area contributed by atoms with E-state index in [2.05, 4.69) is 9.98 Å². The van der Waals surface area contributed by atoms with Gasteiger partial charge in [-0.05, 0) is 36.8 Å². The molecule has 22 heavy (non-hydrogen) atoms. The minimum Gasteiger partial charge on any atom is -0.494 e. The van der Waals surface area contributed by atoms with Crippen molar-refractivity contribution >= 4 is 12.3 Å². The quantitative estimate of drug-likeness (QED) is 0.880. The van der Waals surface area contributed by atoms with E-state index >= 15 is 0 Å². The Kier molecular flexibility index (Phi) is 3.34. The molecule has 110 valence electrons. The summed E-state index contributed by atoms with van der Waals surface area (Å²) in [4.78, 5) is 30.3. The maximum absolute atomic E-state index is 12.1. The van der Waals surface area contributed by atoms with Gasteiger partial charge in [-0.3, -0.25) is 14.8 Å². The van der Waals surface area contributed by atoms with E-state index in [-0.39, 0.29) is 5.56 Å². The van der Waals surface area contributed by atoms with Gasteiger partial charge in [-0.1, -0.05) is 18.2 Å². The van der Waals surface area contributed by atoms with Crippen LogP contribution in [-0.4, -0.2) is 20.9 Å². The van der Waals surface area contributed by atoms with Gasteiger partial charge in [0, 0.05) is 6.21 Å². The molecular weight excluding hydrogens is 282 g/mol. The topological polar surface area (TPSA) is 87.4 Å². The van der Waals surface area contributed by atoms with Crippen LogP contribution in [0.2, 0.25) is 0 Å². The summed E-state index contributed by atoms with van der Waals surface area (Å²) in [5.74, 6) is -0.411. The van der Waals surface area contributed by atoms with Gasteiger partial charge < -0.3 is 5.11 Å². The van der Waals surface area contributed by atoms with Crippen LogP contribution in [0.5, 0.6) is 5.88 Å². The summed E-state index contributed by atoms with van der Waals surface area (Å²) in [6, 6.07) is 7.09. The summed E-state index contributed by atoms with van der Waals surface area (Å²) in [6.45, 7) is 1.81. The van der Waals surface area contributed by atoms with Crippen molar-refractivity contribution in [3.63, 3.8) is 0 Å². The average Bonchev–Trinajstić information content (AvgIpc) is 2.98. The van der Waals surface area contributed by atoms with Crippen molar-refractivity contribution in [3.05, 3.63) is 74.1 Å². The van der Waals surface area contributed by atoms with Crippen molar-refractivity contribution in [2.24, 2.45) is 4.99 Å². The number of rotatable bonds is 2. The van der Waals surface area contributed by atoms with E-state index in [1.165, 1.54) is 6.08 Å². The number of allylic oxidation sites excluding steroid dienone is 2. The summed E-state index contributed by atoms with van der Waals surface area (Å²) >= 11 is 0. The van der Waals surface area contributed by atoms with Gasteiger partial charge in [-0.2, -0.15) is 0 Å². The smallest absolute Gasteiger partial charge is 0.335 e. The Morgan fingerprint density at radius 1 is 1.27 bits per heavy atom. The minimum absolute atomic E-state index is 0.0125. The maximum atomic E-state index is 12.1. The van der Waals surface area contributed by atoms with E-state index in [0.29, 0.717) is 11.4 Å². The standard InChI is InChI=1S/C16H13N3O3/c1-10-5-2-3-7-13(10)19-15(21)12(14(20)18-16(19)22)9-11-6-4-8-17-11/h2-9,21H,1H3,(H,18,20,22)/b11-9-. The number of nitrogens with one attached hydrogen (secondary N) is 1. The fourth-order valence-electron chi connectivity index (χ4n) is 2.25. The van der Waals surface area contributed by atoms with Crippen LogP contribution >= 0.6 is 0 Å². The zero-order chi connectivity index (χ0) is 15.7. The van der Waals surface area contributed by atoms with Gasteiger partial charge in [-0.15, -0.1) is 0 Å². The SMILES string of the molecule is Cc1ccccc1-n1c(O)c(/C=C2/C=CC=N2)c(=O)[nH]c1=O. The molecule has 6 heteroatoms. The molecule has 1 aliphatic rings. The Hall–Kier alpha value is -3.15. The number of aryl methyl sites for hydroxylation is 1. The second kappa shape index (κ2) is 5.33. The van der Waals surface area contributed by atoms with E-state index < -0.39 is 17.1 Å².